The number of rotatable bonds is 4. The molecule has 2 aromatic rings. The zero-order chi connectivity index (χ0) is 18.3. The Balaban J connectivity index is 2.20. The van der Waals surface area contributed by atoms with Gasteiger partial charge >= 0.3 is 5.97 Å². The van der Waals surface area contributed by atoms with Crippen LogP contribution in [0.2, 0.25) is 0 Å². The van der Waals surface area contributed by atoms with Gasteiger partial charge in [0.05, 0.1) is 12.0 Å². The molecule has 0 atom stereocenters. The van der Waals surface area contributed by atoms with Gasteiger partial charge < -0.3 is 9.84 Å². The van der Waals surface area contributed by atoms with Gasteiger partial charge in [-0.1, -0.05) is 60.7 Å². The van der Waals surface area contributed by atoms with Gasteiger partial charge in [-0.05, 0) is 38.0 Å². The van der Waals surface area contributed by atoms with Crippen LogP contribution in [0.1, 0.15) is 31.9 Å². The van der Waals surface area contributed by atoms with Crippen LogP contribution < -0.4 is 0 Å². The van der Waals surface area contributed by atoms with Crippen LogP contribution in [0.15, 0.2) is 71.4 Å². The quantitative estimate of drug-likeness (QED) is 0.385. The van der Waals surface area contributed by atoms with Gasteiger partial charge in [0, 0.05) is 0 Å². The van der Waals surface area contributed by atoms with Gasteiger partial charge in [-0.2, -0.15) is 0 Å². The maximum absolute atomic E-state index is 12.2. The number of aliphatic hydroxyl groups excluding tert-OH is 1. The predicted molar refractivity (Wildman–Crippen MR) is 100 cm³/mol. The Hall–Kier alpha value is -2.88. The topological polar surface area (TPSA) is 58.9 Å². The van der Waals surface area contributed by atoms with Crippen LogP contribution >= 0.6 is 0 Å². The van der Waals surface area contributed by atoms with Gasteiger partial charge in [0.1, 0.15) is 0 Å². The fourth-order valence-corrected chi connectivity index (χ4v) is 2.11. The maximum atomic E-state index is 12.2. The van der Waals surface area contributed by atoms with Crippen molar-refractivity contribution in [3.63, 3.8) is 0 Å². The molecule has 0 amide bonds. The summed E-state index contributed by atoms with van der Waals surface area (Å²) in [5.41, 5.74) is 1.13. The predicted octanol–water partition coefficient (Wildman–Crippen LogP) is 4.57. The van der Waals surface area contributed by atoms with Gasteiger partial charge in [-0.15, -0.1) is 0 Å². The first-order chi connectivity index (χ1) is 11.8. The van der Waals surface area contributed by atoms with E-state index in [0.717, 1.165) is 11.1 Å². The summed E-state index contributed by atoms with van der Waals surface area (Å²) in [4.78, 5) is 16.6. The Morgan fingerprint density at radius 1 is 1.04 bits per heavy atom. The van der Waals surface area contributed by atoms with Crippen molar-refractivity contribution in [1.29, 1.82) is 0 Å². The largest absolute Gasteiger partial charge is 0.503 e. The van der Waals surface area contributed by atoms with Crippen LogP contribution in [-0.4, -0.2) is 22.5 Å². The number of hydrogen-bond donors (Lipinski definition) is 1. The first-order valence-corrected chi connectivity index (χ1v) is 8.14. The third-order valence-corrected chi connectivity index (χ3v) is 3.16. The van der Waals surface area contributed by atoms with Crippen molar-refractivity contribution < 1.29 is 14.6 Å². The first-order valence-electron chi connectivity index (χ1n) is 8.14. The summed E-state index contributed by atoms with van der Waals surface area (Å²) in [7, 11) is 0. The van der Waals surface area contributed by atoms with Crippen molar-refractivity contribution in [2.24, 2.45) is 4.99 Å². The SMILES string of the molecule is CC(C)(C)N=C(OC(=O)Cc1ccccc1)/C(O)=C/c1ccccc1. The molecule has 0 spiro atoms. The third-order valence-electron chi connectivity index (χ3n) is 3.16. The lowest BCUT2D eigenvalue weighted by molar-refractivity contribution is -0.134. The van der Waals surface area contributed by atoms with Gasteiger partial charge in [-0.25, -0.2) is 4.99 Å². The minimum atomic E-state index is -0.499. The van der Waals surface area contributed by atoms with Crippen LogP contribution in [0.4, 0.5) is 0 Å². The summed E-state index contributed by atoms with van der Waals surface area (Å²) in [6, 6.07) is 18.6. The van der Waals surface area contributed by atoms with Gasteiger partial charge in [0.15, 0.2) is 5.76 Å². The Bertz CT molecular complexity index is 757. The second kappa shape index (κ2) is 8.29. The van der Waals surface area contributed by atoms with Crippen molar-refractivity contribution in [1.82, 2.24) is 0 Å². The van der Waals surface area contributed by atoms with Crippen LogP contribution in [0, 0.1) is 0 Å². The second-order valence-electron chi connectivity index (χ2n) is 6.66. The van der Waals surface area contributed by atoms with E-state index in [4.69, 9.17) is 4.74 Å². The number of hydrogen-bond acceptors (Lipinski definition) is 4. The van der Waals surface area contributed by atoms with Crippen LogP contribution in [0.5, 0.6) is 0 Å². The molecule has 2 aromatic carbocycles. The molecule has 0 bridgehead atoms. The molecule has 0 saturated carbocycles. The van der Waals surface area contributed by atoms with Crippen molar-refractivity contribution in [3.8, 4) is 0 Å². The Kier molecular flexibility index (Phi) is 6.12. The third kappa shape index (κ3) is 6.63. The van der Waals surface area contributed by atoms with Crippen LogP contribution in [0.25, 0.3) is 6.08 Å². The van der Waals surface area contributed by atoms with Crippen molar-refractivity contribution in [2.75, 3.05) is 0 Å². The molecule has 4 heteroatoms. The van der Waals surface area contributed by atoms with Crippen molar-refractivity contribution >= 4 is 17.9 Å². The maximum Gasteiger partial charge on any atom is 0.317 e. The summed E-state index contributed by atoms with van der Waals surface area (Å²) in [5.74, 6) is -0.720. The van der Waals surface area contributed by atoms with E-state index in [0.29, 0.717) is 0 Å². The molecule has 2 rings (SSSR count). The summed E-state index contributed by atoms with van der Waals surface area (Å²) in [5, 5.41) is 10.4. The molecule has 0 saturated heterocycles. The number of benzene rings is 2. The molecule has 0 radical (unpaired) electrons. The van der Waals surface area contributed by atoms with Crippen LogP contribution in [-0.2, 0) is 16.0 Å². The van der Waals surface area contributed by atoms with E-state index >= 15 is 0 Å². The molecule has 0 fully saturated rings. The minimum absolute atomic E-state index is 0.0720. The molecule has 0 aliphatic carbocycles. The normalized spacial score (nSPS) is 12.8. The lowest BCUT2D eigenvalue weighted by Gasteiger charge is -2.15. The summed E-state index contributed by atoms with van der Waals surface area (Å²) < 4.78 is 5.36. The highest BCUT2D eigenvalue weighted by atomic mass is 16.6. The Morgan fingerprint density at radius 3 is 2.16 bits per heavy atom. The van der Waals surface area contributed by atoms with E-state index in [1.807, 2.05) is 81.4 Å². The number of carbonyl (C=O) groups is 1. The average molecular weight is 337 g/mol. The van der Waals surface area contributed by atoms with E-state index in [1.165, 1.54) is 6.08 Å². The molecule has 0 aliphatic heterocycles. The molecule has 130 valence electrons. The molecule has 4 nitrogen and oxygen atoms in total. The first kappa shape index (κ1) is 18.5. The van der Waals surface area contributed by atoms with Crippen molar-refractivity contribution in [3.05, 3.63) is 77.5 Å². The number of aliphatic hydroxyl groups is 1. The Labute approximate surface area is 148 Å². The summed E-state index contributed by atoms with van der Waals surface area (Å²) >= 11 is 0. The number of ether oxygens (including phenoxy) is 1. The van der Waals surface area contributed by atoms with Crippen LogP contribution in [0.3, 0.4) is 0 Å². The molecular formula is C21H23NO3. The number of esters is 1. The van der Waals surface area contributed by atoms with E-state index in [9.17, 15) is 9.90 Å². The zero-order valence-corrected chi connectivity index (χ0v) is 14.8. The average Bonchev–Trinajstić information content (AvgIpc) is 2.55. The highest BCUT2D eigenvalue weighted by Gasteiger charge is 2.18. The van der Waals surface area contributed by atoms with Gasteiger partial charge in [0.25, 0.3) is 5.90 Å². The smallest absolute Gasteiger partial charge is 0.317 e. The highest BCUT2D eigenvalue weighted by Crippen LogP contribution is 2.14. The standard InChI is InChI=1S/C21H23NO3/c1-21(2,3)22-20(18(23)14-16-10-6-4-7-11-16)25-19(24)15-17-12-8-5-9-13-17/h4-14,23H,15H2,1-3H3/b18-14-,22-20?. The fraction of sp³-hybridized carbons (Fsp3) is 0.238. The number of nitrogens with zero attached hydrogens (tertiary/aromatic N) is 1. The Morgan fingerprint density at radius 2 is 1.60 bits per heavy atom. The molecule has 1 N–H and O–H groups in total. The lowest BCUT2D eigenvalue weighted by atomic mass is 10.1. The minimum Gasteiger partial charge on any atom is -0.503 e. The van der Waals surface area contributed by atoms with Crippen molar-refractivity contribution in [2.45, 2.75) is 32.7 Å². The molecule has 0 heterocycles. The fourth-order valence-electron chi connectivity index (χ4n) is 2.11. The van der Waals surface area contributed by atoms with E-state index in [1.54, 1.807) is 0 Å². The summed E-state index contributed by atoms with van der Waals surface area (Å²) in [6.07, 6.45) is 1.64. The second-order valence-corrected chi connectivity index (χ2v) is 6.66. The molecule has 0 unspecified atom stereocenters. The summed E-state index contributed by atoms with van der Waals surface area (Å²) in [6.45, 7) is 5.61. The molecular weight excluding hydrogens is 314 g/mol. The lowest BCUT2D eigenvalue weighted by Crippen LogP contribution is -2.21. The molecule has 25 heavy (non-hydrogen) atoms. The van der Waals surface area contributed by atoms with E-state index in [-0.39, 0.29) is 18.1 Å². The number of aliphatic imine (C=N–C) groups is 1. The van der Waals surface area contributed by atoms with E-state index < -0.39 is 11.5 Å². The molecule has 0 aliphatic rings. The number of carbonyl (C=O) groups excluding carboxylic acids is 1. The monoisotopic (exact) mass is 337 g/mol. The van der Waals surface area contributed by atoms with Gasteiger partial charge in [0.2, 0.25) is 0 Å². The van der Waals surface area contributed by atoms with E-state index in [2.05, 4.69) is 4.99 Å². The molecule has 0 aromatic heterocycles. The van der Waals surface area contributed by atoms with Gasteiger partial charge in [-0.3, -0.25) is 4.79 Å². The highest BCUT2D eigenvalue weighted by molar-refractivity contribution is 6.01. The zero-order valence-electron chi connectivity index (χ0n) is 14.8.